The van der Waals surface area contributed by atoms with Gasteiger partial charge >= 0.3 is 0 Å². The Morgan fingerprint density at radius 2 is 1.81 bits per heavy atom. The molecule has 0 aliphatic carbocycles. The summed E-state index contributed by atoms with van der Waals surface area (Å²) in [4.78, 5) is 11.0. The molecular weight excluding hydrogens is 202 g/mol. The summed E-state index contributed by atoms with van der Waals surface area (Å²) in [5.41, 5.74) is 0.944. The van der Waals surface area contributed by atoms with E-state index in [1.165, 1.54) is 0 Å². The van der Waals surface area contributed by atoms with Crippen LogP contribution in [0.3, 0.4) is 0 Å². The second-order valence-electron chi connectivity index (χ2n) is 3.84. The largest absolute Gasteiger partial charge is 0.481 e. The number of aryl methyl sites for hydroxylation is 1. The summed E-state index contributed by atoms with van der Waals surface area (Å²) in [5, 5.41) is 0. The monoisotopic (exact) mass is 223 g/mol. The molecule has 1 rings (SSSR count). The Morgan fingerprint density at radius 1 is 1.19 bits per heavy atom. The number of hydrogen-bond donors (Lipinski definition) is 0. The predicted molar refractivity (Wildman–Crippen MR) is 66.1 cm³/mol. The van der Waals surface area contributed by atoms with Crippen molar-refractivity contribution in [3.63, 3.8) is 0 Å². The Morgan fingerprint density at radius 3 is 2.31 bits per heavy atom. The molecule has 4 heteroatoms. The van der Waals surface area contributed by atoms with E-state index in [9.17, 15) is 0 Å². The van der Waals surface area contributed by atoms with E-state index in [1.54, 1.807) is 7.11 Å². The molecule has 0 aliphatic heterocycles. The molecule has 0 atom stereocenters. The molecule has 0 unspecified atom stereocenters. The average Bonchev–Trinajstić information content (AvgIpc) is 2.28. The van der Waals surface area contributed by atoms with Gasteiger partial charge in [0.2, 0.25) is 11.8 Å². The van der Waals surface area contributed by atoms with Crippen molar-refractivity contribution in [2.24, 2.45) is 0 Å². The molecule has 0 fully saturated rings. The van der Waals surface area contributed by atoms with Gasteiger partial charge in [0.05, 0.1) is 7.11 Å². The van der Waals surface area contributed by atoms with Gasteiger partial charge in [0.25, 0.3) is 0 Å². The van der Waals surface area contributed by atoms with E-state index < -0.39 is 0 Å². The molecule has 0 bridgehead atoms. The van der Waals surface area contributed by atoms with Gasteiger partial charge in [0.15, 0.2) is 0 Å². The third-order valence-electron chi connectivity index (χ3n) is 2.30. The van der Waals surface area contributed by atoms with Gasteiger partial charge in [-0.2, -0.15) is 4.98 Å². The Hall–Kier alpha value is -1.32. The molecular formula is C12H21N3O. The quantitative estimate of drug-likeness (QED) is 0.742. The Kier molecular flexibility index (Phi) is 5.02. The minimum absolute atomic E-state index is 0.639. The lowest BCUT2D eigenvalue weighted by atomic mass is 10.3. The molecule has 90 valence electrons. The van der Waals surface area contributed by atoms with Crippen LogP contribution in [-0.2, 0) is 0 Å². The lowest BCUT2D eigenvalue weighted by Gasteiger charge is -2.21. The van der Waals surface area contributed by atoms with Crippen LogP contribution in [0.5, 0.6) is 5.88 Å². The van der Waals surface area contributed by atoms with Crippen LogP contribution < -0.4 is 9.64 Å². The Balaban J connectivity index is 2.93. The molecule has 0 radical (unpaired) electrons. The fourth-order valence-electron chi connectivity index (χ4n) is 1.62. The van der Waals surface area contributed by atoms with Crippen molar-refractivity contribution >= 4 is 5.95 Å². The molecule has 16 heavy (non-hydrogen) atoms. The SMILES string of the molecule is CCCN(CCC)c1nc(C)cc(OC)n1. The lowest BCUT2D eigenvalue weighted by molar-refractivity contribution is 0.396. The zero-order valence-corrected chi connectivity index (χ0v) is 10.7. The van der Waals surface area contributed by atoms with Crippen molar-refractivity contribution in [1.82, 2.24) is 9.97 Å². The minimum atomic E-state index is 0.639. The van der Waals surface area contributed by atoms with E-state index in [-0.39, 0.29) is 0 Å². The second-order valence-corrected chi connectivity index (χ2v) is 3.84. The van der Waals surface area contributed by atoms with Crippen molar-refractivity contribution in [2.75, 3.05) is 25.1 Å². The van der Waals surface area contributed by atoms with Crippen LogP contribution in [0.1, 0.15) is 32.4 Å². The number of aromatic nitrogens is 2. The number of ether oxygens (including phenoxy) is 1. The van der Waals surface area contributed by atoms with Crippen LogP contribution in [0.2, 0.25) is 0 Å². The zero-order valence-electron chi connectivity index (χ0n) is 10.7. The van der Waals surface area contributed by atoms with Gasteiger partial charge in [-0.05, 0) is 19.8 Å². The topological polar surface area (TPSA) is 38.2 Å². The molecule has 0 amide bonds. The maximum Gasteiger partial charge on any atom is 0.228 e. The number of nitrogens with zero attached hydrogens (tertiary/aromatic N) is 3. The number of methoxy groups -OCH3 is 1. The maximum atomic E-state index is 5.16. The van der Waals surface area contributed by atoms with Crippen LogP contribution in [0.4, 0.5) is 5.95 Å². The third kappa shape index (κ3) is 3.36. The van der Waals surface area contributed by atoms with E-state index in [1.807, 2.05) is 13.0 Å². The summed E-state index contributed by atoms with van der Waals surface area (Å²) in [5.74, 6) is 1.42. The van der Waals surface area contributed by atoms with E-state index >= 15 is 0 Å². The van der Waals surface area contributed by atoms with Gasteiger partial charge in [0.1, 0.15) is 0 Å². The highest BCUT2D eigenvalue weighted by Crippen LogP contribution is 2.15. The fraction of sp³-hybridized carbons (Fsp3) is 0.667. The molecule has 0 saturated carbocycles. The van der Waals surface area contributed by atoms with E-state index in [2.05, 4.69) is 28.7 Å². The molecule has 0 saturated heterocycles. The molecule has 4 nitrogen and oxygen atoms in total. The van der Waals surface area contributed by atoms with Gasteiger partial charge < -0.3 is 9.64 Å². The van der Waals surface area contributed by atoms with Crippen LogP contribution >= 0.6 is 0 Å². The lowest BCUT2D eigenvalue weighted by Crippen LogP contribution is -2.27. The van der Waals surface area contributed by atoms with E-state index in [0.29, 0.717) is 5.88 Å². The van der Waals surface area contributed by atoms with Crippen LogP contribution in [0.25, 0.3) is 0 Å². The van der Waals surface area contributed by atoms with Gasteiger partial charge in [-0.15, -0.1) is 0 Å². The first-order chi connectivity index (χ1) is 7.71. The fourth-order valence-corrected chi connectivity index (χ4v) is 1.62. The van der Waals surface area contributed by atoms with Crippen molar-refractivity contribution in [3.05, 3.63) is 11.8 Å². The molecule has 0 N–H and O–H groups in total. The smallest absolute Gasteiger partial charge is 0.228 e. The number of hydrogen-bond acceptors (Lipinski definition) is 4. The minimum Gasteiger partial charge on any atom is -0.481 e. The van der Waals surface area contributed by atoms with Crippen LogP contribution in [0.15, 0.2) is 6.07 Å². The standard InChI is InChI=1S/C12H21N3O/c1-5-7-15(8-6-2)12-13-10(3)9-11(14-12)16-4/h9H,5-8H2,1-4H3. The summed E-state index contributed by atoms with van der Waals surface area (Å²) in [7, 11) is 1.63. The van der Waals surface area contributed by atoms with Crippen molar-refractivity contribution in [2.45, 2.75) is 33.6 Å². The Labute approximate surface area is 97.7 Å². The predicted octanol–water partition coefficient (Wildman–Crippen LogP) is 2.42. The number of anilines is 1. The summed E-state index contributed by atoms with van der Waals surface area (Å²) in [6.07, 6.45) is 2.19. The van der Waals surface area contributed by atoms with Crippen molar-refractivity contribution in [3.8, 4) is 5.88 Å². The molecule has 1 aromatic rings. The third-order valence-corrected chi connectivity index (χ3v) is 2.30. The highest BCUT2D eigenvalue weighted by Gasteiger charge is 2.09. The van der Waals surface area contributed by atoms with Gasteiger partial charge in [-0.3, -0.25) is 0 Å². The summed E-state index contributed by atoms with van der Waals surface area (Å²) < 4.78 is 5.16. The maximum absolute atomic E-state index is 5.16. The molecule has 1 heterocycles. The van der Waals surface area contributed by atoms with Gasteiger partial charge in [-0.25, -0.2) is 4.98 Å². The number of rotatable bonds is 6. The summed E-state index contributed by atoms with van der Waals surface area (Å²) >= 11 is 0. The van der Waals surface area contributed by atoms with E-state index in [0.717, 1.165) is 37.6 Å². The summed E-state index contributed by atoms with van der Waals surface area (Å²) in [6.45, 7) is 8.26. The highest BCUT2D eigenvalue weighted by molar-refractivity contribution is 5.34. The summed E-state index contributed by atoms with van der Waals surface area (Å²) in [6, 6.07) is 1.85. The molecule has 0 spiro atoms. The van der Waals surface area contributed by atoms with Gasteiger partial charge in [0, 0.05) is 24.8 Å². The first-order valence-corrected chi connectivity index (χ1v) is 5.85. The normalized spacial score (nSPS) is 10.2. The highest BCUT2D eigenvalue weighted by atomic mass is 16.5. The Bertz CT molecular complexity index is 322. The van der Waals surface area contributed by atoms with Crippen LogP contribution in [0, 0.1) is 6.92 Å². The molecule has 1 aromatic heterocycles. The molecule has 0 aromatic carbocycles. The molecule has 0 aliphatic rings. The van der Waals surface area contributed by atoms with Crippen molar-refractivity contribution < 1.29 is 4.74 Å². The second kappa shape index (κ2) is 6.30. The van der Waals surface area contributed by atoms with Gasteiger partial charge in [-0.1, -0.05) is 13.8 Å². The first-order valence-electron chi connectivity index (χ1n) is 5.85. The average molecular weight is 223 g/mol. The van der Waals surface area contributed by atoms with Crippen molar-refractivity contribution in [1.29, 1.82) is 0 Å². The van der Waals surface area contributed by atoms with Crippen LogP contribution in [-0.4, -0.2) is 30.2 Å². The zero-order chi connectivity index (χ0) is 12.0. The van der Waals surface area contributed by atoms with E-state index in [4.69, 9.17) is 4.74 Å². The first kappa shape index (κ1) is 12.7.